The standard InChI is InChI=1S/C15H18N4O.ClH/c16-19(12-7-2-1-3-8-12)15(20)14-10-11-6-4-5-9-13(11)17-18-14;/h4-6,9-10,12H,1-3,7-8,16H2;1H. The molecule has 1 fully saturated rings. The topological polar surface area (TPSA) is 72.1 Å². The van der Waals surface area contributed by atoms with Gasteiger partial charge in [-0.25, -0.2) is 5.84 Å². The van der Waals surface area contributed by atoms with Crippen molar-refractivity contribution in [3.8, 4) is 0 Å². The summed E-state index contributed by atoms with van der Waals surface area (Å²) >= 11 is 0. The van der Waals surface area contributed by atoms with Gasteiger partial charge in [-0.05, 0) is 25.0 Å². The third kappa shape index (κ3) is 3.31. The average molecular weight is 307 g/mol. The fourth-order valence-corrected chi connectivity index (χ4v) is 2.75. The summed E-state index contributed by atoms with van der Waals surface area (Å²) in [5.74, 6) is 5.74. The van der Waals surface area contributed by atoms with E-state index in [0.29, 0.717) is 5.69 Å². The molecule has 0 radical (unpaired) electrons. The lowest BCUT2D eigenvalue weighted by Crippen LogP contribution is -2.46. The summed E-state index contributed by atoms with van der Waals surface area (Å²) in [4.78, 5) is 12.4. The van der Waals surface area contributed by atoms with Crippen molar-refractivity contribution < 1.29 is 4.79 Å². The summed E-state index contributed by atoms with van der Waals surface area (Å²) < 4.78 is 0. The van der Waals surface area contributed by atoms with Crippen molar-refractivity contribution in [2.45, 2.75) is 38.1 Å². The number of hydrogen-bond donors (Lipinski definition) is 1. The van der Waals surface area contributed by atoms with Gasteiger partial charge in [-0.2, -0.15) is 0 Å². The van der Waals surface area contributed by atoms with Crippen molar-refractivity contribution in [3.63, 3.8) is 0 Å². The van der Waals surface area contributed by atoms with Crippen LogP contribution in [0.5, 0.6) is 0 Å². The quantitative estimate of drug-likeness (QED) is 0.526. The van der Waals surface area contributed by atoms with Crippen LogP contribution in [0.25, 0.3) is 10.9 Å². The highest BCUT2D eigenvalue weighted by molar-refractivity contribution is 5.95. The van der Waals surface area contributed by atoms with E-state index in [-0.39, 0.29) is 24.4 Å². The Morgan fingerprint density at radius 3 is 2.62 bits per heavy atom. The molecule has 1 aromatic carbocycles. The van der Waals surface area contributed by atoms with Gasteiger partial charge in [-0.15, -0.1) is 22.6 Å². The lowest BCUT2D eigenvalue weighted by molar-refractivity contribution is 0.0626. The third-order valence-electron chi connectivity index (χ3n) is 3.92. The van der Waals surface area contributed by atoms with Crippen LogP contribution in [0.1, 0.15) is 42.6 Å². The molecule has 1 aliphatic carbocycles. The van der Waals surface area contributed by atoms with Gasteiger partial charge >= 0.3 is 0 Å². The van der Waals surface area contributed by atoms with Gasteiger partial charge in [-0.3, -0.25) is 9.80 Å². The van der Waals surface area contributed by atoms with Crippen LogP contribution in [0.4, 0.5) is 0 Å². The fourth-order valence-electron chi connectivity index (χ4n) is 2.75. The average Bonchev–Trinajstić information content (AvgIpc) is 2.54. The van der Waals surface area contributed by atoms with E-state index in [2.05, 4.69) is 10.2 Å². The molecule has 0 saturated heterocycles. The molecule has 1 saturated carbocycles. The summed E-state index contributed by atoms with van der Waals surface area (Å²) in [5.41, 5.74) is 1.10. The minimum absolute atomic E-state index is 0. The molecular formula is C15H19ClN4O. The number of amides is 1. The molecule has 6 heteroatoms. The van der Waals surface area contributed by atoms with E-state index in [4.69, 9.17) is 5.84 Å². The molecule has 0 atom stereocenters. The van der Waals surface area contributed by atoms with E-state index >= 15 is 0 Å². The van der Waals surface area contributed by atoms with Gasteiger partial charge in [0.25, 0.3) is 5.91 Å². The van der Waals surface area contributed by atoms with Gasteiger partial charge in [0, 0.05) is 11.4 Å². The second kappa shape index (κ2) is 6.83. The molecule has 2 aromatic rings. The third-order valence-corrected chi connectivity index (χ3v) is 3.92. The SMILES string of the molecule is Cl.NN(C(=O)c1cc2ccccc2nn1)C1CCCCC1. The number of rotatable bonds is 2. The number of benzene rings is 1. The summed E-state index contributed by atoms with van der Waals surface area (Å²) in [7, 11) is 0. The van der Waals surface area contributed by atoms with Crippen LogP contribution in [0.2, 0.25) is 0 Å². The number of hydrazine groups is 1. The second-order valence-corrected chi connectivity index (χ2v) is 5.29. The van der Waals surface area contributed by atoms with Crippen LogP contribution in [0.15, 0.2) is 30.3 Å². The largest absolute Gasteiger partial charge is 0.288 e. The molecule has 1 heterocycles. The Kier molecular flexibility index (Phi) is 5.09. The van der Waals surface area contributed by atoms with Crippen molar-refractivity contribution in [2.75, 3.05) is 0 Å². The molecule has 112 valence electrons. The van der Waals surface area contributed by atoms with Crippen molar-refractivity contribution in [1.82, 2.24) is 15.2 Å². The molecule has 0 unspecified atom stereocenters. The lowest BCUT2D eigenvalue weighted by atomic mass is 9.95. The van der Waals surface area contributed by atoms with Crippen LogP contribution < -0.4 is 5.84 Å². The molecule has 21 heavy (non-hydrogen) atoms. The van der Waals surface area contributed by atoms with E-state index in [0.717, 1.165) is 36.6 Å². The number of aromatic nitrogens is 2. The Morgan fingerprint density at radius 2 is 1.86 bits per heavy atom. The molecule has 0 aliphatic heterocycles. The first-order valence-electron chi connectivity index (χ1n) is 7.06. The molecular weight excluding hydrogens is 288 g/mol. The highest BCUT2D eigenvalue weighted by Crippen LogP contribution is 2.22. The summed E-state index contributed by atoms with van der Waals surface area (Å²) in [5, 5.41) is 10.3. The minimum Gasteiger partial charge on any atom is -0.272 e. The zero-order valence-corrected chi connectivity index (χ0v) is 12.6. The van der Waals surface area contributed by atoms with Gasteiger partial charge in [0.15, 0.2) is 5.69 Å². The lowest BCUT2D eigenvalue weighted by Gasteiger charge is -2.30. The first kappa shape index (κ1) is 15.7. The molecule has 1 aliphatic rings. The molecule has 0 bridgehead atoms. The van der Waals surface area contributed by atoms with Crippen molar-refractivity contribution >= 4 is 29.2 Å². The zero-order valence-electron chi connectivity index (χ0n) is 11.7. The fraction of sp³-hybridized carbons (Fsp3) is 0.400. The van der Waals surface area contributed by atoms with Crippen molar-refractivity contribution in [3.05, 3.63) is 36.0 Å². The summed E-state index contributed by atoms with van der Waals surface area (Å²) in [6.45, 7) is 0. The van der Waals surface area contributed by atoms with Gasteiger partial charge in [0.05, 0.1) is 5.52 Å². The Morgan fingerprint density at radius 1 is 1.14 bits per heavy atom. The number of carbonyl (C=O) groups is 1. The molecule has 5 nitrogen and oxygen atoms in total. The number of nitrogens with two attached hydrogens (primary N) is 1. The van der Waals surface area contributed by atoms with Crippen molar-refractivity contribution in [1.29, 1.82) is 0 Å². The highest BCUT2D eigenvalue weighted by atomic mass is 35.5. The van der Waals surface area contributed by atoms with Gasteiger partial charge < -0.3 is 0 Å². The first-order valence-corrected chi connectivity index (χ1v) is 7.06. The molecule has 2 N–H and O–H groups in total. The predicted octanol–water partition coefficient (Wildman–Crippen LogP) is 2.70. The molecule has 0 spiro atoms. The normalized spacial score (nSPS) is 15.5. The second-order valence-electron chi connectivity index (χ2n) is 5.29. The first-order chi connectivity index (χ1) is 9.75. The maximum Gasteiger partial charge on any atom is 0.288 e. The number of hydrogen-bond acceptors (Lipinski definition) is 4. The van der Waals surface area contributed by atoms with Gasteiger partial charge in [0.1, 0.15) is 0 Å². The van der Waals surface area contributed by atoms with Gasteiger partial charge in [0.2, 0.25) is 0 Å². The number of carbonyl (C=O) groups excluding carboxylic acids is 1. The Hall–Kier alpha value is -1.72. The van der Waals surface area contributed by atoms with E-state index < -0.39 is 0 Å². The Labute approximate surface area is 129 Å². The molecule has 1 aromatic heterocycles. The van der Waals surface area contributed by atoms with Crippen LogP contribution >= 0.6 is 12.4 Å². The monoisotopic (exact) mass is 306 g/mol. The highest BCUT2D eigenvalue weighted by Gasteiger charge is 2.24. The van der Waals surface area contributed by atoms with E-state index in [9.17, 15) is 4.79 Å². The zero-order chi connectivity index (χ0) is 13.9. The summed E-state index contributed by atoms with van der Waals surface area (Å²) in [6.07, 6.45) is 5.45. The van der Waals surface area contributed by atoms with E-state index in [1.807, 2.05) is 24.3 Å². The van der Waals surface area contributed by atoms with Crippen molar-refractivity contribution in [2.24, 2.45) is 5.84 Å². The smallest absolute Gasteiger partial charge is 0.272 e. The minimum atomic E-state index is -0.241. The van der Waals surface area contributed by atoms with E-state index in [1.165, 1.54) is 11.4 Å². The number of halogens is 1. The molecule has 1 amide bonds. The Bertz CT molecular complexity index is 628. The Balaban J connectivity index is 0.00000161. The maximum absolute atomic E-state index is 12.4. The number of fused-ring (bicyclic) bond motifs is 1. The van der Waals surface area contributed by atoms with Crippen LogP contribution in [0, 0.1) is 0 Å². The number of nitrogens with zero attached hydrogens (tertiary/aromatic N) is 3. The van der Waals surface area contributed by atoms with Crippen LogP contribution in [-0.4, -0.2) is 27.2 Å². The van der Waals surface area contributed by atoms with Crippen LogP contribution in [-0.2, 0) is 0 Å². The molecule has 3 rings (SSSR count). The predicted molar refractivity (Wildman–Crippen MR) is 84.0 cm³/mol. The summed E-state index contributed by atoms with van der Waals surface area (Å²) in [6, 6.07) is 9.49. The van der Waals surface area contributed by atoms with Crippen LogP contribution in [0.3, 0.4) is 0 Å². The maximum atomic E-state index is 12.4. The van der Waals surface area contributed by atoms with Gasteiger partial charge in [-0.1, -0.05) is 37.5 Å². The van der Waals surface area contributed by atoms with E-state index in [1.54, 1.807) is 6.07 Å².